The topological polar surface area (TPSA) is 80.3 Å². The van der Waals surface area contributed by atoms with Crippen LogP contribution in [0.4, 0.5) is 0 Å². The van der Waals surface area contributed by atoms with E-state index in [0.29, 0.717) is 17.7 Å². The van der Waals surface area contributed by atoms with E-state index in [2.05, 4.69) is 10.4 Å². The fraction of sp³-hybridized carbons (Fsp3) is 0.529. The maximum absolute atomic E-state index is 12.5. The van der Waals surface area contributed by atoms with Crippen LogP contribution in [0.2, 0.25) is 0 Å². The molecular weight excluding hydrogens is 294 g/mol. The van der Waals surface area contributed by atoms with E-state index in [1.54, 1.807) is 30.1 Å². The third-order valence-corrected chi connectivity index (χ3v) is 3.61. The van der Waals surface area contributed by atoms with Gasteiger partial charge in [0.05, 0.1) is 17.5 Å². The SMILES string of the molecule is CC(CC(O)c1ccco1)NC(=O)c1cn(C)nc1C(C)(C)C. The molecule has 0 bridgehead atoms. The van der Waals surface area contributed by atoms with Crippen molar-refractivity contribution in [3.05, 3.63) is 41.6 Å². The molecule has 2 heterocycles. The van der Waals surface area contributed by atoms with Crippen molar-refractivity contribution in [2.24, 2.45) is 7.05 Å². The number of carbonyl (C=O) groups is 1. The molecule has 23 heavy (non-hydrogen) atoms. The van der Waals surface area contributed by atoms with Gasteiger partial charge < -0.3 is 14.8 Å². The summed E-state index contributed by atoms with van der Waals surface area (Å²) >= 11 is 0. The highest BCUT2D eigenvalue weighted by molar-refractivity contribution is 5.95. The van der Waals surface area contributed by atoms with Gasteiger partial charge in [-0.25, -0.2) is 0 Å². The summed E-state index contributed by atoms with van der Waals surface area (Å²) < 4.78 is 6.83. The summed E-state index contributed by atoms with van der Waals surface area (Å²) in [6.07, 6.45) is 2.89. The van der Waals surface area contributed by atoms with Gasteiger partial charge in [-0.3, -0.25) is 9.48 Å². The van der Waals surface area contributed by atoms with Crippen LogP contribution in [0.1, 0.15) is 62.0 Å². The monoisotopic (exact) mass is 319 g/mol. The van der Waals surface area contributed by atoms with Crippen molar-refractivity contribution >= 4 is 5.91 Å². The molecule has 6 nitrogen and oxygen atoms in total. The molecule has 0 saturated heterocycles. The number of rotatable bonds is 5. The maximum Gasteiger partial charge on any atom is 0.254 e. The fourth-order valence-electron chi connectivity index (χ4n) is 2.50. The van der Waals surface area contributed by atoms with Crippen molar-refractivity contribution in [2.75, 3.05) is 0 Å². The average molecular weight is 319 g/mol. The number of aromatic nitrogens is 2. The first-order chi connectivity index (χ1) is 10.7. The van der Waals surface area contributed by atoms with Gasteiger partial charge in [0.15, 0.2) is 0 Å². The normalized spacial score (nSPS) is 14.5. The first-order valence-electron chi connectivity index (χ1n) is 7.75. The molecule has 0 aromatic carbocycles. The first-order valence-corrected chi connectivity index (χ1v) is 7.75. The van der Waals surface area contributed by atoms with Crippen LogP contribution < -0.4 is 5.32 Å². The quantitative estimate of drug-likeness (QED) is 0.887. The number of hydrogen-bond donors (Lipinski definition) is 2. The average Bonchev–Trinajstić information content (AvgIpc) is 3.06. The van der Waals surface area contributed by atoms with Gasteiger partial charge in [-0.05, 0) is 19.1 Å². The lowest BCUT2D eigenvalue weighted by molar-refractivity contribution is 0.0901. The van der Waals surface area contributed by atoms with E-state index in [4.69, 9.17) is 4.42 Å². The molecule has 0 spiro atoms. The van der Waals surface area contributed by atoms with Gasteiger partial charge in [0.1, 0.15) is 11.9 Å². The number of carbonyl (C=O) groups excluding carboxylic acids is 1. The molecule has 0 aliphatic heterocycles. The van der Waals surface area contributed by atoms with Gasteiger partial charge in [-0.2, -0.15) is 5.10 Å². The minimum absolute atomic E-state index is 0.179. The summed E-state index contributed by atoms with van der Waals surface area (Å²) in [6, 6.07) is 3.25. The Balaban J connectivity index is 2.04. The van der Waals surface area contributed by atoms with Crippen molar-refractivity contribution in [2.45, 2.75) is 51.7 Å². The molecule has 1 amide bonds. The largest absolute Gasteiger partial charge is 0.467 e. The molecule has 6 heteroatoms. The summed E-state index contributed by atoms with van der Waals surface area (Å²) in [5.41, 5.74) is 1.11. The lowest BCUT2D eigenvalue weighted by atomic mass is 9.89. The van der Waals surface area contributed by atoms with E-state index in [1.165, 1.54) is 6.26 Å². The molecule has 0 aliphatic carbocycles. The Morgan fingerprint density at radius 1 is 1.48 bits per heavy atom. The molecule has 0 fully saturated rings. The molecule has 2 aromatic rings. The van der Waals surface area contributed by atoms with Crippen LogP contribution in [0, 0.1) is 0 Å². The van der Waals surface area contributed by atoms with E-state index >= 15 is 0 Å². The zero-order chi connectivity index (χ0) is 17.2. The first kappa shape index (κ1) is 17.3. The minimum Gasteiger partial charge on any atom is -0.467 e. The van der Waals surface area contributed by atoms with Crippen LogP contribution in [0.3, 0.4) is 0 Å². The second kappa shape index (κ2) is 6.58. The number of furan rings is 1. The van der Waals surface area contributed by atoms with E-state index in [-0.39, 0.29) is 17.4 Å². The van der Waals surface area contributed by atoms with Crippen LogP contribution >= 0.6 is 0 Å². The second-order valence-corrected chi connectivity index (χ2v) is 6.96. The second-order valence-electron chi connectivity index (χ2n) is 6.96. The molecular formula is C17H25N3O3. The Kier molecular flexibility index (Phi) is 4.94. The zero-order valence-electron chi connectivity index (χ0n) is 14.3. The van der Waals surface area contributed by atoms with Crippen LogP contribution in [0.25, 0.3) is 0 Å². The van der Waals surface area contributed by atoms with Gasteiger partial charge >= 0.3 is 0 Å². The molecule has 2 rings (SSSR count). The van der Waals surface area contributed by atoms with E-state index < -0.39 is 6.10 Å². The van der Waals surface area contributed by atoms with E-state index in [0.717, 1.165) is 5.69 Å². The number of aryl methyl sites for hydroxylation is 1. The zero-order valence-corrected chi connectivity index (χ0v) is 14.3. The van der Waals surface area contributed by atoms with Crippen molar-refractivity contribution in [3.8, 4) is 0 Å². The molecule has 2 N–H and O–H groups in total. The summed E-state index contributed by atoms with van der Waals surface area (Å²) in [5, 5.41) is 17.4. The van der Waals surface area contributed by atoms with Crippen LogP contribution in [0.15, 0.2) is 29.0 Å². The van der Waals surface area contributed by atoms with Crippen LogP contribution in [-0.2, 0) is 12.5 Å². The van der Waals surface area contributed by atoms with Gasteiger partial charge in [0.2, 0.25) is 0 Å². The Labute approximate surface area is 136 Å². The minimum atomic E-state index is -0.740. The lowest BCUT2D eigenvalue weighted by Crippen LogP contribution is -2.35. The maximum atomic E-state index is 12.5. The van der Waals surface area contributed by atoms with Crippen molar-refractivity contribution in [1.29, 1.82) is 0 Å². The Morgan fingerprint density at radius 2 is 2.17 bits per heavy atom. The number of hydrogen-bond acceptors (Lipinski definition) is 4. The predicted octanol–water partition coefficient (Wildman–Crippen LogP) is 2.55. The molecule has 2 unspecified atom stereocenters. The highest BCUT2D eigenvalue weighted by atomic mass is 16.4. The van der Waals surface area contributed by atoms with Gasteiger partial charge in [-0.15, -0.1) is 0 Å². The van der Waals surface area contributed by atoms with E-state index in [9.17, 15) is 9.90 Å². The smallest absolute Gasteiger partial charge is 0.254 e. The third kappa shape index (κ3) is 4.22. The lowest BCUT2D eigenvalue weighted by Gasteiger charge is -2.19. The molecule has 0 saturated carbocycles. The molecule has 2 atom stereocenters. The fourth-order valence-corrected chi connectivity index (χ4v) is 2.50. The Hall–Kier alpha value is -2.08. The van der Waals surface area contributed by atoms with Gasteiger partial charge in [-0.1, -0.05) is 20.8 Å². The van der Waals surface area contributed by atoms with Crippen LogP contribution in [-0.4, -0.2) is 26.8 Å². The summed E-state index contributed by atoms with van der Waals surface area (Å²) in [6.45, 7) is 7.93. The summed E-state index contributed by atoms with van der Waals surface area (Å²) in [5.74, 6) is 0.324. The van der Waals surface area contributed by atoms with Crippen molar-refractivity contribution in [3.63, 3.8) is 0 Å². The highest BCUT2D eigenvalue weighted by Crippen LogP contribution is 2.24. The molecule has 126 valence electrons. The standard InChI is InChI=1S/C17H25N3O3/c1-11(9-13(21)14-7-6-8-23-14)18-16(22)12-10-20(5)19-15(12)17(2,3)4/h6-8,10-11,13,21H,9H2,1-5H3,(H,18,22). The van der Waals surface area contributed by atoms with Crippen molar-refractivity contribution in [1.82, 2.24) is 15.1 Å². The third-order valence-electron chi connectivity index (χ3n) is 3.61. The Bertz CT molecular complexity index is 653. The molecule has 2 aromatic heterocycles. The van der Waals surface area contributed by atoms with Crippen molar-refractivity contribution < 1.29 is 14.3 Å². The van der Waals surface area contributed by atoms with Crippen LogP contribution in [0.5, 0.6) is 0 Å². The molecule has 0 aliphatic rings. The van der Waals surface area contributed by atoms with E-state index in [1.807, 2.05) is 27.7 Å². The number of amides is 1. The number of aliphatic hydroxyl groups excluding tert-OH is 1. The highest BCUT2D eigenvalue weighted by Gasteiger charge is 2.26. The summed E-state index contributed by atoms with van der Waals surface area (Å²) in [4.78, 5) is 12.5. The number of nitrogens with zero attached hydrogens (tertiary/aromatic N) is 2. The predicted molar refractivity (Wildman–Crippen MR) is 87.1 cm³/mol. The van der Waals surface area contributed by atoms with Gasteiger partial charge in [0, 0.05) is 31.1 Å². The Morgan fingerprint density at radius 3 is 2.74 bits per heavy atom. The molecule has 0 radical (unpaired) electrons. The summed E-state index contributed by atoms with van der Waals surface area (Å²) in [7, 11) is 1.80. The number of nitrogens with one attached hydrogen (secondary N) is 1. The number of aliphatic hydroxyl groups is 1. The van der Waals surface area contributed by atoms with Gasteiger partial charge in [0.25, 0.3) is 5.91 Å².